The molecule has 0 aromatic heterocycles. The summed E-state index contributed by atoms with van der Waals surface area (Å²) < 4.78 is 0. The molecule has 0 spiro atoms. The van der Waals surface area contributed by atoms with E-state index in [0.29, 0.717) is 33.2 Å². The Labute approximate surface area is 149 Å². The maximum Gasteiger partial charge on any atom is 0.0453 e. The maximum atomic E-state index is 6.27. The minimum absolute atomic E-state index is 0.361. The van der Waals surface area contributed by atoms with Crippen LogP contribution in [0.4, 0.5) is 0 Å². The van der Waals surface area contributed by atoms with Crippen LogP contribution in [0.3, 0.4) is 0 Å². The average Bonchev–Trinajstić information content (AvgIpc) is 2.49. The van der Waals surface area contributed by atoms with Crippen LogP contribution in [0.2, 0.25) is 15.1 Å². The summed E-state index contributed by atoms with van der Waals surface area (Å²) in [5.74, 6) is 0.722. The first-order chi connectivity index (χ1) is 10.0. The zero-order valence-electron chi connectivity index (χ0n) is 11.1. The highest BCUT2D eigenvalue weighted by molar-refractivity contribution is 6.36. The summed E-state index contributed by atoms with van der Waals surface area (Å²) in [7, 11) is 0. The predicted molar refractivity (Wildman–Crippen MR) is 94.7 cm³/mol. The van der Waals surface area contributed by atoms with Crippen molar-refractivity contribution in [3.8, 4) is 0 Å². The molecule has 5 heteroatoms. The normalized spacial score (nSPS) is 11.7. The van der Waals surface area contributed by atoms with Crippen molar-refractivity contribution >= 4 is 58.0 Å². The largest absolute Gasteiger partial charge is 0.126 e. The van der Waals surface area contributed by atoms with Gasteiger partial charge in [0, 0.05) is 32.2 Å². The summed E-state index contributed by atoms with van der Waals surface area (Å²) in [5.41, 5.74) is 1.44. The van der Waals surface area contributed by atoms with Crippen LogP contribution in [0.1, 0.15) is 11.1 Å². The Balaban J connectivity index is 2.45. The van der Waals surface area contributed by atoms with Crippen LogP contribution < -0.4 is 0 Å². The Kier molecular flexibility index (Phi) is 6.11. The van der Waals surface area contributed by atoms with E-state index in [0.717, 1.165) is 11.1 Å². The molecule has 0 bridgehead atoms. The zero-order valence-corrected chi connectivity index (χ0v) is 14.8. The molecule has 0 aliphatic carbocycles. The second-order valence-electron chi connectivity index (χ2n) is 4.93. The second kappa shape index (κ2) is 7.44. The molecule has 0 aliphatic rings. The van der Waals surface area contributed by atoms with E-state index in [1.807, 2.05) is 42.5 Å². The Morgan fingerprint density at radius 2 is 1.29 bits per heavy atom. The average molecular weight is 383 g/mol. The van der Waals surface area contributed by atoms with Crippen LogP contribution in [-0.2, 0) is 11.8 Å². The number of halogens is 5. The van der Waals surface area contributed by atoms with E-state index in [2.05, 4.69) is 0 Å². The number of hydrogen-bond acceptors (Lipinski definition) is 0. The molecule has 0 nitrogen and oxygen atoms in total. The van der Waals surface area contributed by atoms with Gasteiger partial charge in [0.05, 0.1) is 0 Å². The monoisotopic (exact) mass is 380 g/mol. The van der Waals surface area contributed by atoms with Gasteiger partial charge in [-0.05, 0) is 41.8 Å². The summed E-state index contributed by atoms with van der Waals surface area (Å²) in [6.07, 6.45) is 0.570. The Hall–Kier alpha value is -0.110. The van der Waals surface area contributed by atoms with E-state index in [9.17, 15) is 0 Å². The van der Waals surface area contributed by atoms with E-state index in [1.165, 1.54) is 0 Å². The third-order valence-corrected chi connectivity index (χ3v) is 5.53. The molecule has 2 rings (SSSR count). The summed E-state index contributed by atoms with van der Waals surface area (Å²) in [6.45, 7) is 0. The Bertz CT molecular complexity index is 582. The van der Waals surface area contributed by atoms with Gasteiger partial charge in [-0.3, -0.25) is 0 Å². The van der Waals surface area contributed by atoms with Crippen LogP contribution in [0.5, 0.6) is 0 Å². The lowest BCUT2D eigenvalue weighted by Crippen LogP contribution is -2.33. The minimum atomic E-state index is -0.442. The van der Waals surface area contributed by atoms with Crippen molar-refractivity contribution in [2.75, 3.05) is 11.8 Å². The zero-order chi connectivity index (χ0) is 15.5. The molecule has 2 aromatic rings. The molecule has 112 valence electrons. The number of hydrogen-bond donors (Lipinski definition) is 0. The van der Waals surface area contributed by atoms with Crippen molar-refractivity contribution in [2.45, 2.75) is 11.8 Å². The van der Waals surface area contributed by atoms with E-state index < -0.39 is 5.41 Å². The van der Waals surface area contributed by atoms with Gasteiger partial charge >= 0.3 is 0 Å². The number of alkyl halides is 2. The fourth-order valence-electron chi connectivity index (χ4n) is 2.23. The lowest BCUT2D eigenvalue weighted by Gasteiger charge is -2.31. The van der Waals surface area contributed by atoms with Gasteiger partial charge in [0.2, 0.25) is 0 Å². The quantitative estimate of drug-likeness (QED) is 0.511. The van der Waals surface area contributed by atoms with Crippen molar-refractivity contribution in [2.24, 2.45) is 0 Å². The summed E-state index contributed by atoms with van der Waals surface area (Å²) in [6, 6.07) is 13.0. The third kappa shape index (κ3) is 3.81. The first-order valence-electron chi connectivity index (χ1n) is 6.33. The highest BCUT2D eigenvalue weighted by atomic mass is 35.5. The van der Waals surface area contributed by atoms with Crippen molar-refractivity contribution in [1.82, 2.24) is 0 Å². The lowest BCUT2D eigenvalue weighted by atomic mass is 9.78. The number of benzene rings is 2. The van der Waals surface area contributed by atoms with Gasteiger partial charge in [0.15, 0.2) is 0 Å². The third-order valence-electron chi connectivity index (χ3n) is 3.55. The van der Waals surface area contributed by atoms with Crippen molar-refractivity contribution in [3.05, 3.63) is 68.7 Å². The first-order valence-corrected chi connectivity index (χ1v) is 8.53. The fourth-order valence-corrected chi connectivity index (χ4v) is 3.67. The minimum Gasteiger partial charge on any atom is -0.126 e. The topological polar surface area (TPSA) is 0 Å². The molecule has 2 aromatic carbocycles. The molecule has 0 fully saturated rings. The molecule has 0 heterocycles. The van der Waals surface area contributed by atoms with E-state index in [1.54, 1.807) is 0 Å². The van der Waals surface area contributed by atoms with Crippen molar-refractivity contribution < 1.29 is 0 Å². The molecule has 0 amide bonds. The summed E-state index contributed by atoms with van der Waals surface area (Å²) in [5, 5.41) is 1.92. The van der Waals surface area contributed by atoms with E-state index in [-0.39, 0.29) is 0 Å². The van der Waals surface area contributed by atoms with Crippen LogP contribution in [0, 0.1) is 0 Å². The Morgan fingerprint density at radius 1 is 0.762 bits per heavy atom. The summed E-state index contributed by atoms with van der Waals surface area (Å²) >= 11 is 31.0. The van der Waals surface area contributed by atoms with Gasteiger partial charge < -0.3 is 0 Å². The maximum absolute atomic E-state index is 6.27. The second-order valence-corrected chi connectivity index (χ2v) is 6.72. The van der Waals surface area contributed by atoms with E-state index in [4.69, 9.17) is 58.0 Å². The van der Waals surface area contributed by atoms with Gasteiger partial charge in [0.25, 0.3) is 0 Å². The fraction of sp³-hybridized carbons (Fsp3) is 0.250. The highest BCUT2D eigenvalue weighted by Gasteiger charge is 2.32. The van der Waals surface area contributed by atoms with Crippen LogP contribution in [0.15, 0.2) is 42.5 Å². The molecule has 0 saturated heterocycles. The first kappa shape index (κ1) is 17.2. The molecule has 21 heavy (non-hydrogen) atoms. The summed E-state index contributed by atoms with van der Waals surface area (Å²) in [4.78, 5) is 0. The van der Waals surface area contributed by atoms with Gasteiger partial charge in [-0.2, -0.15) is 0 Å². The smallest absolute Gasteiger partial charge is 0.0453 e. The Morgan fingerprint density at radius 3 is 1.76 bits per heavy atom. The van der Waals surface area contributed by atoms with Crippen LogP contribution >= 0.6 is 58.0 Å². The standard InChI is InChI=1S/C16H13Cl5/c17-9-16(10-18,11-4-6-12(19)7-5-11)8-13-14(20)2-1-3-15(13)21/h1-7H,8-10H2. The van der Waals surface area contributed by atoms with Crippen molar-refractivity contribution in [3.63, 3.8) is 0 Å². The van der Waals surface area contributed by atoms with Gasteiger partial charge in [-0.25, -0.2) is 0 Å². The molecule has 0 unspecified atom stereocenters. The van der Waals surface area contributed by atoms with Crippen molar-refractivity contribution in [1.29, 1.82) is 0 Å². The highest BCUT2D eigenvalue weighted by Crippen LogP contribution is 2.36. The molecule has 0 radical (unpaired) electrons. The molecular formula is C16H13Cl5. The van der Waals surface area contributed by atoms with Crippen LogP contribution in [0.25, 0.3) is 0 Å². The van der Waals surface area contributed by atoms with Gasteiger partial charge in [-0.1, -0.05) is 53.0 Å². The van der Waals surface area contributed by atoms with Gasteiger partial charge in [0.1, 0.15) is 0 Å². The SMILES string of the molecule is ClCC(CCl)(Cc1c(Cl)cccc1Cl)c1ccc(Cl)cc1. The molecule has 0 N–H and O–H groups in total. The molecule has 0 aliphatic heterocycles. The van der Waals surface area contributed by atoms with Gasteiger partial charge in [-0.15, -0.1) is 23.2 Å². The molecular weight excluding hydrogens is 369 g/mol. The number of rotatable bonds is 5. The molecule has 0 saturated carbocycles. The molecule has 0 atom stereocenters. The van der Waals surface area contributed by atoms with Crippen LogP contribution in [-0.4, -0.2) is 11.8 Å². The predicted octanol–water partition coefficient (Wildman–Crippen LogP) is 6.60. The lowest BCUT2D eigenvalue weighted by molar-refractivity contribution is 0.536. The van der Waals surface area contributed by atoms with E-state index >= 15 is 0 Å².